The van der Waals surface area contributed by atoms with Crippen molar-refractivity contribution in [3.05, 3.63) is 9.93 Å². The smallest absolute Gasteiger partial charge is 0.354 e. The molecule has 1 amide bonds. The number of carbonyl (C=O) groups is 3. The number of ether oxygens (including phenoxy) is 1. The van der Waals surface area contributed by atoms with Gasteiger partial charge >= 0.3 is 11.9 Å². The summed E-state index contributed by atoms with van der Waals surface area (Å²) < 4.78 is 5.70. The summed E-state index contributed by atoms with van der Waals surface area (Å²) in [5.41, 5.74) is 0.0584. The lowest BCUT2D eigenvalue weighted by Gasteiger charge is -2.44. The lowest BCUT2D eigenvalue weighted by molar-refractivity contribution is -0.165. The fraction of sp³-hybridized carbons (Fsp3) is 0.583. The molecule has 0 radical (unpaired) electrons. The molecular weight excluding hydrogens is 302 g/mol. The third-order valence-electron chi connectivity index (χ3n) is 3.08. The fourth-order valence-corrected chi connectivity index (χ4v) is 5.13. The van der Waals surface area contributed by atoms with Gasteiger partial charge in [-0.15, -0.1) is 11.8 Å². The fourth-order valence-electron chi connectivity index (χ4n) is 2.31. The Morgan fingerprint density at radius 3 is 2.70 bits per heavy atom. The number of rotatable bonds is 5. The lowest BCUT2D eigenvalue weighted by Crippen LogP contribution is -2.61. The van der Waals surface area contributed by atoms with Gasteiger partial charge in [-0.2, -0.15) is 0 Å². The highest BCUT2D eigenvalue weighted by Gasteiger charge is 2.58. The van der Waals surface area contributed by atoms with Gasteiger partial charge in [-0.3, -0.25) is 14.5 Å². The van der Waals surface area contributed by atoms with Crippen molar-refractivity contribution >= 4 is 41.4 Å². The molecule has 3 atom stereocenters. The molecule has 0 bridgehead atoms. The number of nitrogens with zero attached hydrogens (tertiary/aromatic N) is 1. The minimum absolute atomic E-state index is 0.0584. The maximum atomic E-state index is 12.1. The molecule has 0 aromatic carbocycles. The number of amides is 1. The van der Waals surface area contributed by atoms with Crippen LogP contribution in [0, 0.1) is 5.92 Å². The summed E-state index contributed by atoms with van der Waals surface area (Å²) in [5, 5.41) is 8.98. The zero-order valence-electron chi connectivity index (χ0n) is 11.3. The highest BCUT2D eigenvalue weighted by atomic mass is 32.2. The van der Waals surface area contributed by atoms with E-state index in [4.69, 9.17) is 4.74 Å². The monoisotopic (exact) mass is 317 g/mol. The van der Waals surface area contributed by atoms with Gasteiger partial charge < -0.3 is 9.84 Å². The Hall–Kier alpha value is -1.15. The number of aliphatic carboxylic acids is 1. The number of fused-ring (bicyclic) bond motifs is 1. The van der Waals surface area contributed by atoms with Crippen LogP contribution in [0.4, 0.5) is 0 Å². The van der Waals surface area contributed by atoms with Crippen molar-refractivity contribution in [3.63, 3.8) is 0 Å². The molecular formula is C12H15NO5S2. The first-order valence-electron chi connectivity index (χ1n) is 6.15. The predicted molar refractivity (Wildman–Crippen MR) is 75.7 cm³/mol. The Morgan fingerprint density at radius 2 is 2.20 bits per heavy atom. The number of hydrogen-bond acceptors (Lipinski definition) is 6. The van der Waals surface area contributed by atoms with E-state index in [1.54, 1.807) is 6.92 Å². The summed E-state index contributed by atoms with van der Waals surface area (Å²) in [6, 6.07) is 0. The average molecular weight is 317 g/mol. The Bertz CT molecular complexity index is 504. The number of thioether (sulfide) groups is 2. The highest BCUT2D eigenvalue weighted by Crippen LogP contribution is 2.53. The van der Waals surface area contributed by atoms with Crippen LogP contribution in [-0.2, 0) is 19.1 Å². The van der Waals surface area contributed by atoms with E-state index in [0.717, 1.165) is 5.75 Å². The van der Waals surface area contributed by atoms with Crippen molar-refractivity contribution in [1.29, 1.82) is 0 Å². The summed E-state index contributed by atoms with van der Waals surface area (Å²) in [7, 11) is 0. The molecule has 2 rings (SSSR count). The minimum atomic E-state index is -1.09. The van der Waals surface area contributed by atoms with Crippen molar-refractivity contribution in [1.82, 2.24) is 4.90 Å². The van der Waals surface area contributed by atoms with Gasteiger partial charge in [0.05, 0.1) is 4.24 Å². The largest absolute Gasteiger partial charge is 0.477 e. The number of carboxylic acid groups (broad SMARTS) is 1. The summed E-state index contributed by atoms with van der Waals surface area (Å²) in [5.74, 6) is -1.57. The minimum Gasteiger partial charge on any atom is -0.477 e. The average Bonchev–Trinajstić information content (AvgIpc) is 2.63. The molecule has 0 spiro atoms. The Balaban J connectivity index is 2.18. The van der Waals surface area contributed by atoms with Crippen molar-refractivity contribution < 1.29 is 24.2 Å². The quantitative estimate of drug-likeness (QED) is 0.607. The zero-order valence-corrected chi connectivity index (χ0v) is 12.9. The van der Waals surface area contributed by atoms with Crippen molar-refractivity contribution in [3.8, 4) is 0 Å². The normalized spacial score (nSPS) is 26.1. The Morgan fingerprint density at radius 1 is 1.55 bits per heavy atom. The van der Waals surface area contributed by atoms with Crippen LogP contribution in [0.25, 0.3) is 0 Å². The molecule has 2 aliphatic heterocycles. The molecule has 6 nitrogen and oxygen atoms in total. The molecule has 0 aromatic rings. The number of carboxylic acids is 1. The van der Waals surface area contributed by atoms with E-state index in [9.17, 15) is 19.5 Å². The van der Waals surface area contributed by atoms with Gasteiger partial charge in [-0.1, -0.05) is 18.7 Å². The molecule has 0 aliphatic carbocycles. The number of β-lactam (4-membered cyclic amide) rings is 1. The van der Waals surface area contributed by atoms with Crippen LogP contribution in [0.3, 0.4) is 0 Å². The highest BCUT2D eigenvalue weighted by molar-refractivity contribution is 8.22. The molecule has 20 heavy (non-hydrogen) atoms. The maximum absolute atomic E-state index is 12.1. The van der Waals surface area contributed by atoms with Gasteiger partial charge in [0.25, 0.3) is 0 Å². The first-order chi connectivity index (χ1) is 9.38. The van der Waals surface area contributed by atoms with E-state index in [2.05, 4.69) is 0 Å². The van der Waals surface area contributed by atoms with E-state index in [-0.39, 0.29) is 17.0 Å². The molecule has 110 valence electrons. The Kier molecular flexibility index (Phi) is 4.33. The molecule has 1 saturated heterocycles. The first-order valence-corrected chi connectivity index (χ1v) is 8.02. The molecule has 0 aromatic heterocycles. The van der Waals surface area contributed by atoms with Crippen molar-refractivity contribution in [2.45, 2.75) is 32.2 Å². The number of hydrogen-bond donors (Lipinski definition) is 1. The van der Waals surface area contributed by atoms with Crippen molar-refractivity contribution in [2.24, 2.45) is 5.92 Å². The second kappa shape index (κ2) is 5.69. The van der Waals surface area contributed by atoms with E-state index in [1.165, 1.54) is 35.3 Å². The third-order valence-corrected chi connectivity index (χ3v) is 5.62. The molecule has 0 saturated carbocycles. The summed E-state index contributed by atoms with van der Waals surface area (Å²) in [6.07, 6.45) is -0.547. The summed E-state index contributed by atoms with van der Waals surface area (Å²) >= 11 is 2.78. The molecule has 2 heterocycles. The molecule has 8 heteroatoms. The van der Waals surface area contributed by atoms with Crippen LogP contribution in [0.2, 0.25) is 0 Å². The van der Waals surface area contributed by atoms with Crippen LogP contribution in [0.15, 0.2) is 9.93 Å². The topological polar surface area (TPSA) is 83.9 Å². The summed E-state index contributed by atoms with van der Waals surface area (Å²) in [6.45, 7) is 4.87. The maximum Gasteiger partial charge on any atom is 0.354 e. The molecule has 1 N–H and O–H groups in total. The van der Waals surface area contributed by atoms with E-state index >= 15 is 0 Å². The van der Waals surface area contributed by atoms with Crippen LogP contribution in [0.5, 0.6) is 0 Å². The van der Waals surface area contributed by atoms with Gasteiger partial charge in [0, 0.05) is 6.92 Å². The van der Waals surface area contributed by atoms with Gasteiger partial charge in [-0.05, 0) is 12.7 Å². The van der Waals surface area contributed by atoms with Crippen molar-refractivity contribution in [2.75, 3.05) is 5.75 Å². The van der Waals surface area contributed by atoms with Gasteiger partial charge in [0.1, 0.15) is 17.4 Å². The van der Waals surface area contributed by atoms with Crippen LogP contribution < -0.4 is 0 Å². The van der Waals surface area contributed by atoms with Gasteiger partial charge in [0.15, 0.2) is 5.70 Å². The second-order valence-electron chi connectivity index (χ2n) is 4.43. The van der Waals surface area contributed by atoms with Gasteiger partial charge in [-0.25, -0.2) is 4.79 Å². The van der Waals surface area contributed by atoms with E-state index in [1.807, 2.05) is 6.92 Å². The van der Waals surface area contributed by atoms with Crippen LogP contribution >= 0.6 is 23.5 Å². The summed E-state index contributed by atoms with van der Waals surface area (Å²) in [4.78, 5) is 35.7. The Labute approximate surface area is 124 Å². The third kappa shape index (κ3) is 2.42. The number of esters is 1. The van der Waals surface area contributed by atoms with Crippen LogP contribution in [-0.4, -0.2) is 45.1 Å². The standard InChI is InChI=1S/C12H15NO5S2/c1-4-19-12-8(11(16)17)13-9(15)7(10(13)20-12)5(2)18-6(3)14/h5,7,10H,4H2,1-3H3,(H,16,17)/t5?,7?,10-/m1/s1. The second-order valence-corrected chi connectivity index (χ2v) is 7.09. The SMILES string of the molecule is CCSC1=C(C(=O)O)N2C(=O)C(C(C)OC(C)=O)[C@H]2S1. The predicted octanol–water partition coefficient (Wildman–Crippen LogP) is 1.48. The van der Waals surface area contributed by atoms with Gasteiger partial charge in [0.2, 0.25) is 5.91 Å². The van der Waals surface area contributed by atoms with Crippen LogP contribution in [0.1, 0.15) is 20.8 Å². The molecule has 2 aliphatic rings. The lowest BCUT2D eigenvalue weighted by atomic mass is 9.92. The molecule has 1 fully saturated rings. The number of carbonyl (C=O) groups excluding carboxylic acids is 2. The molecule has 2 unspecified atom stereocenters. The van der Waals surface area contributed by atoms with E-state index < -0.39 is 24.0 Å². The zero-order chi connectivity index (χ0) is 15.0. The van der Waals surface area contributed by atoms with E-state index in [0.29, 0.717) is 4.24 Å². The first kappa shape index (κ1) is 15.2.